The summed E-state index contributed by atoms with van der Waals surface area (Å²) in [4.78, 5) is 34.5. The molecule has 0 unspecified atom stereocenters. The Balaban J connectivity index is 1.50. The first-order chi connectivity index (χ1) is 14.9. The molecule has 1 aliphatic rings. The van der Waals surface area contributed by atoms with Crippen LogP contribution in [0.1, 0.15) is 27.2 Å². The highest BCUT2D eigenvalue weighted by molar-refractivity contribution is 9.10. The number of methoxy groups -OCH3 is 1. The standard InChI is InChI=1S/C22H20BrClN4O3/c1-31-15-5-2-13(3-6-15)11-25-22-26-19-12-28(9-8-16(19)20(29)27-22)21(30)14-4-7-17(23)18(24)10-14/h2-7,10H,8-9,11-12H2,1H3,(H2,25,26,27,29). The number of amides is 1. The van der Waals surface area contributed by atoms with Crippen molar-refractivity contribution in [1.29, 1.82) is 0 Å². The van der Waals surface area contributed by atoms with Crippen LogP contribution < -0.4 is 15.6 Å². The number of nitrogens with one attached hydrogen (secondary N) is 2. The van der Waals surface area contributed by atoms with E-state index in [1.165, 1.54) is 0 Å². The average molecular weight is 504 g/mol. The zero-order chi connectivity index (χ0) is 22.0. The van der Waals surface area contributed by atoms with Gasteiger partial charge in [0, 0.05) is 28.7 Å². The minimum atomic E-state index is -0.180. The Morgan fingerprint density at radius 1 is 1.29 bits per heavy atom. The molecule has 9 heteroatoms. The number of halogens is 2. The Morgan fingerprint density at radius 2 is 2.06 bits per heavy atom. The third-order valence-corrected chi connectivity index (χ3v) is 6.38. The molecule has 3 aromatic rings. The molecule has 0 bridgehead atoms. The van der Waals surface area contributed by atoms with Crippen molar-refractivity contribution in [3.05, 3.63) is 84.7 Å². The Kier molecular flexibility index (Phi) is 6.29. The summed E-state index contributed by atoms with van der Waals surface area (Å²) in [6.07, 6.45) is 0.451. The third kappa shape index (κ3) is 4.75. The number of hydrogen-bond donors (Lipinski definition) is 2. The number of carbonyl (C=O) groups excluding carboxylic acids is 1. The van der Waals surface area contributed by atoms with Crippen LogP contribution in [0.2, 0.25) is 5.02 Å². The van der Waals surface area contributed by atoms with Gasteiger partial charge in [-0.25, -0.2) is 4.98 Å². The molecule has 7 nitrogen and oxygen atoms in total. The maximum Gasteiger partial charge on any atom is 0.255 e. The number of H-pyrrole nitrogens is 1. The van der Waals surface area contributed by atoms with Crippen molar-refractivity contribution in [1.82, 2.24) is 14.9 Å². The molecule has 31 heavy (non-hydrogen) atoms. The first kappa shape index (κ1) is 21.4. The van der Waals surface area contributed by atoms with Gasteiger partial charge >= 0.3 is 0 Å². The molecule has 1 aliphatic heterocycles. The van der Waals surface area contributed by atoms with E-state index in [1.807, 2.05) is 24.3 Å². The first-order valence-electron chi connectivity index (χ1n) is 9.68. The van der Waals surface area contributed by atoms with Crippen molar-refractivity contribution in [2.75, 3.05) is 19.0 Å². The maximum absolute atomic E-state index is 12.9. The Hall–Kier alpha value is -2.84. The molecule has 0 fully saturated rings. The number of ether oxygens (including phenoxy) is 1. The normalized spacial score (nSPS) is 12.9. The molecule has 0 aliphatic carbocycles. The quantitative estimate of drug-likeness (QED) is 0.549. The summed E-state index contributed by atoms with van der Waals surface area (Å²) in [5.41, 5.74) is 2.56. The van der Waals surface area contributed by atoms with E-state index in [1.54, 1.807) is 30.2 Å². The highest BCUT2D eigenvalue weighted by Gasteiger charge is 2.25. The molecule has 4 rings (SSSR count). The highest BCUT2D eigenvalue weighted by Crippen LogP contribution is 2.25. The van der Waals surface area contributed by atoms with Gasteiger partial charge in [0.2, 0.25) is 5.95 Å². The Bertz CT molecular complexity index is 1180. The van der Waals surface area contributed by atoms with Gasteiger partial charge < -0.3 is 15.0 Å². The van der Waals surface area contributed by atoms with Crippen molar-refractivity contribution in [3.8, 4) is 5.75 Å². The van der Waals surface area contributed by atoms with E-state index < -0.39 is 0 Å². The summed E-state index contributed by atoms with van der Waals surface area (Å²) in [6, 6.07) is 12.7. The molecule has 2 N–H and O–H groups in total. The third-order valence-electron chi connectivity index (χ3n) is 5.15. The molecule has 160 valence electrons. The molecule has 1 amide bonds. The first-order valence-corrected chi connectivity index (χ1v) is 10.8. The van der Waals surface area contributed by atoms with Crippen LogP contribution in [0.15, 0.2) is 51.7 Å². The second-order valence-electron chi connectivity index (χ2n) is 7.15. The topological polar surface area (TPSA) is 87.3 Å². The molecule has 0 saturated heterocycles. The summed E-state index contributed by atoms with van der Waals surface area (Å²) < 4.78 is 5.89. The second-order valence-corrected chi connectivity index (χ2v) is 8.41. The largest absolute Gasteiger partial charge is 0.497 e. The lowest BCUT2D eigenvalue weighted by molar-refractivity contribution is 0.0731. The van der Waals surface area contributed by atoms with Gasteiger partial charge in [0.15, 0.2) is 0 Å². The van der Waals surface area contributed by atoms with E-state index in [0.29, 0.717) is 47.3 Å². The van der Waals surface area contributed by atoms with Crippen LogP contribution in [0.4, 0.5) is 5.95 Å². The molecular weight excluding hydrogens is 484 g/mol. The number of hydrogen-bond acceptors (Lipinski definition) is 5. The van der Waals surface area contributed by atoms with Crippen molar-refractivity contribution in [2.24, 2.45) is 0 Å². The van der Waals surface area contributed by atoms with Gasteiger partial charge in [-0.1, -0.05) is 23.7 Å². The maximum atomic E-state index is 12.9. The summed E-state index contributed by atoms with van der Waals surface area (Å²) in [5, 5.41) is 3.62. The summed E-state index contributed by atoms with van der Waals surface area (Å²) in [7, 11) is 1.62. The average Bonchev–Trinajstić information content (AvgIpc) is 2.79. The number of carbonyl (C=O) groups is 1. The van der Waals surface area contributed by atoms with Gasteiger partial charge in [0.25, 0.3) is 11.5 Å². The Morgan fingerprint density at radius 3 is 2.77 bits per heavy atom. The van der Waals surface area contributed by atoms with E-state index in [4.69, 9.17) is 16.3 Å². The monoisotopic (exact) mass is 502 g/mol. The predicted molar refractivity (Wildman–Crippen MR) is 123 cm³/mol. The van der Waals surface area contributed by atoms with Gasteiger partial charge in [-0.2, -0.15) is 0 Å². The van der Waals surface area contributed by atoms with E-state index in [0.717, 1.165) is 15.8 Å². The van der Waals surface area contributed by atoms with E-state index in [2.05, 4.69) is 31.2 Å². The zero-order valence-corrected chi connectivity index (χ0v) is 19.1. The van der Waals surface area contributed by atoms with Gasteiger partial charge in [0.05, 0.1) is 24.4 Å². The van der Waals surface area contributed by atoms with E-state index >= 15 is 0 Å². The molecule has 0 saturated carbocycles. The second kappa shape index (κ2) is 9.11. The predicted octanol–water partition coefficient (Wildman–Crippen LogP) is 4.01. The van der Waals surface area contributed by atoms with Gasteiger partial charge in [0.1, 0.15) is 5.75 Å². The minimum absolute atomic E-state index is 0.144. The lowest BCUT2D eigenvalue weighted by Crippen LogP contribution is -2.39. The van der Waals surface area contributed by atoms with Gasteiger partial charge in [-0.3, -0.25) is 14.6 Å². The fraction of sp³-hybridized carbons (Fsp3) is 0.227. The summed E-state index contributed by atoms with van der Waals surface area (Å²) >= 11 is 9.46. The number of benzene rings is 2. The summed E-state index contributed by atoms with van der Waals surface area (Å²) in [6.45, 7) is 1.21. The number of aromatic amines is 1. The fourth-order valence-electron chi connectivity index (χ4n) is 3.44. The van der Waals surface area contributed by atoms with Crippen molar-refractivity contribution in [3.63, 3.8) is 0 Å². The van der Waals surface area contributed by atoms with Crippen LogP contribution in [-0.2, 0) is 19.5 Å². The van der Waals surface area contributed by atoms with E-state index in [-0.39, 0.29) is 18.0 Å². The highest BCUT2D eigenvalue weighted by atomic mass is 79.9. The lowest BCUT2D eigenvalue weighted by atomic mass is 10.1. The lowest BCUT2D eigenvalue weighted by Gasteiger charge is -2.28. The number of fused-ring (bicyclic) bond motifs is 1. The van der Waals surface area contributed by atoms with Crippen LogP contribution >= 0.6 is 27.5 Å². The molecule has 2 aromatic carbocycles. The number of nitrogens with zero attached hydrogens (tertiary/aromatic N) is 2. The SMILES string of the molecule is COc1ccc(CNc2nc3c(c(=O)[nH]2)CCN(C(=O)c2ccc(Br)c(Cl)c2)C3)cc1. The minimum Gasteiger partial charge on any atom is -0.497 e. The van der Waals surface area contributed by atoms with Crippen molar-refractivity contribution >= 4 is 39.4 Å². The van der Waals surface area contributed by atoms with Gasteiger partial charge in [-0.15, -0.1) is 0 Å². The molecule has 2 heterocycles. The van der Waals surface area contributed by atoms with Crippen LogP contribution in [0, 0.1) is 0 Å². The number of rotatable bonds is 5. The van der Waals surface area contributed by atoms with Gasteiger partial charge in [-0.05, 0) is 58.2 Å². The van der Waals surface area contributed by atoms with Crippen molar-refractivity contribution < 1.29 is 9.53 Å². The molecule has 0 spiro atoms. The van der Waals surface area contributed by atoms with Crippen LogP contribution in [0.5, 0.6) is 5.75 Å². The molecule has 1 aromatic heterocycles. The van der Waals surface area contributed by atoms with Crippen LogP contribution in [0.3, 0.4) is 0 Å². The number of anilines is 1. The molecular formula is C22H20BrClN4O3. The smallest absolute Gasteiger partial charge is 0.255 e. The zero-order valence-electron chi connectivity index (χ0n) is 16.7. The fourth-order valence-corrected chi connectivity index (χ4v) is 3.86. The van der Waals surface area contributed by atoms with Crippen LogP contribution in [0.25, 0.3) is 0 Å². The molecule has 0 atom stereocenters. The Labute approximate surface area is 192 Å². The van der Waals surface area contributed by atoms with Crippen LogP contribution in [-0.4, -0.2) is 34.4 Å². The van der Waals surface area contributed by atoms with Crippen molar-refractivity contribution in [2.45, 2.75) is 19.5 Å². The molecule has 0 radical (unpaired) electrons. The summed E-state index contributed by atoms with van der Waals surface area (Å²) in [5.74, 6) is 1.01. The number of aromatic nitrogens is 2. The van der Waals surface area contributed by atoms with E-state index in [9.17, 15) is 9.59 Å².